The highest BCUT2D eigenvalue weighted by Crippen LogP contribution is 2.22. The maximum Gasteiger partial charge on any atom is 0.339 e. The van der Waals surface area contributed by atoms with Crippen molar-refractivity contribution < 1.29 is 9.53 Å². The van der Waals surface area contributed by atoms with Gasteiger partial charge in [-0.1, -0.05) is 35.3 Å². The SMILES string of the molecule is CCOC(=O)c1ccc(NC(=S)NCc2ccc(Cl)cc2)cc1Cl. The first-order valence-electron chi connectivity index (χ1n) is 7.25. The van der Waals surface area contributed by atoms with Crippen molar-refractivity contribution in [3.05, 3.63) is 63.6 Å². The Morgan fingerprint density at radius 3 is 2.50 bits per heavy atom. The fourth-order valence-corrected chi connectivity index (χ4v) is 2.50. The highest BCUT2D eigenvalue weighted by Gasteiger charge is 2.12. The molecule has 0 fully saturated rings. The second-order valence-electron chi connectivity index (χ2n) is 4.85. The highest BCUT2D eigenvalue weighted by atomic mass is 35.5. The Bertz CT molecular complexity index is 736. The van der Waals surface area contributed by atoms with Crippen LogP contribution in [0.1, 0.15) is 22.8 Å². The lowest BCUT2D eigenvalue weighted by Gasteiger charge is -2.12. The van der Waals surface area contributed by atoms with Crippen molar-refractivity contribution in [1.29, 1.82) is 0 Å². The Labute approximate surface area is 156 Å². The van der Waals surface area contributed by atoms with Gasteiger partial charge in [0.05, 0.1) is 17.2 Å². The molecule has 2 N–H and O–H groups in total. The van der Waals surface area contributed by atoms with Gasteiger partial charge in [-0.25, -0.2) is 4.79 Å². The zero-order valence-corrected chi connectivity index (χ0v) is 15.3. The molecular formula is C17H16Cl2N2O2S. The van der Waals surface area contributed by atoms with Crippen LogP contribution in [0.15, 0.2) is 42.5 Å². The smallest absolute Gasteiger partial charge is 0.339 e. The van der Waals surface area contributed by atoms with Crippen LogP contribution in [0.2, 0.25) is 10.0 Å². The number of anilines is 1. The van der Waals surface area contributed by atoms with Crippen molar-refractivity contribution in [1.82, 2.24) is 5.32 Å². The molecule has 2 aromatic rings. The summed E-state index contributed by atoms with van der Waals surface area (Å²) in [4.78, 5) is 11.7. The summed E-state index contributed by atoms with van der Waals surface area (Å²) < 4.78 is 4.93. The first-order valence-corrected chi connectivity index (χ1v) is 8.42. The van der Waals surface area contributed by atoms with Gasteiger partial charge in [-0.3, -0.25) is 0 Å². The molecule has 0 aliphatic heterocycles. The van der Waals surface area contributed by atoms with Crippen LogP contribution in [-0.4, -0.2) is 17.7 Å². The molecular weight excluding hydrogens is 367 g/mol. The van der Waals surface area contributed by atoms with Gasteiger partial charge in [0, 0.05) is 17.3 Å². The van der Waals surface area contributed by atoms with E-state index >= 15 is 0 Å². The van der Waals surface area contributed by atoms with Crippen molar-refractivity contribution >= 4 is 52.2 Å². The number of esters is 1. The Morgan fingerprint density at radius 2 is 1.88 bits per heavy atom. The van der Waals surface area contributed by atoms with Gasteiger partial charge in [-0.05, 0) is 55.0 Å². The van der Waals surface area contributed by atoms with Gasteiger partial charge in [0.2, 0.25) is 0 Å². The number of rotatable bonds is 5. The standard InChI is InChI=1S/C17H16Cl2N2O2S/c1-2-23-16(22)14-8-7-13(9-15(14)19)21-17(24)20-10-11-3-5-12(18)6-4-11/h3-9H,2,10H2,1H3,(H2,20,21,24). The minimum atomic E-state index is -0.447. The summed E-state index contributed by atoms with van der Waals surface area (Å²) in [6.07, 6.45) is 0. The molecule has 0 bridgehead atoms. The summed E-state index contributed by atoms with van der Waals surface area (Å²) >= 11 is 17.2. The van der Waals surface area contributed by atoms with E-state index < -0.39 is 5.97 Å². The zero-order chi connectivity index (χ0) is 17.5. The van der Waals surface area contributed by atoms with Crippen LogP contribution in [-0.2, 0) is 11.3 Å². The lowest BCUT2D eigenvalue weighted by molar-refractivity contribution is 0.0526. The number of halogens is 2. The van der Waals surface area contributed by atoms with Gasteiger partial charge in [0.1, 0.15) is 0 Å². The third kappa shape index (κ3) is 5.37. The monoisotopic (exact) mass is 382 g/mol. The van der Waals surface area contributed by atoms with Crippen molar-refractivity contribution in [2.75, 3.05) is 11.9 Å². The van der Waals surface area contributed by atoms with Gasteiger partial charge in [-0.15, -0.1) is 0 Å². The third-order valence-corrected chi connectivity index (χ3v) is 3.90. The summed E-state index contributed by atoms with van der Waals surface area (Å²) in [7, 11) is 0. The van der Waals surface area contributed by atoms with E-state index in [2.05, 4.69) is 10.6 Å². The zero-order valence-electron chi connectivity index (χ0n) is 12.9. The normalized spacial score (nSPS) is 10.1. The van der Waals surface area contributed by atoms with Gasteiger partial charge >= 0.3 is 5.97 Å². The van der Waals surface area contributed by atoms with Gasteiger partial charge in [0.25, 0.3) is 0 Å². The summed E-state index contributed by atoms with van der Waals surface area (Å²) in [5.74, 6) is -0.447. The number of benzene rings is 2. The lowest BCUT2D eigenvalue weighted by Crippen LogP contribution is -2.27. The molecule has 0 heterocycles. The topological polar surface area (TPSA) is 50.4 Å². The summed E-state index contributed by atoms with van der Waals surface area (Å²) in [6.45, 7) is 2.61. The molecule has 2 aromatic carbocycles. The molecule has 0 atom stereocenters. The predicted octanol–water partition coefficient (Wildman–Crippen LogP) is 4.66. The van der Waals surface area contributed by atoms with Crippen LogP contribution >= 0.6 is 35.4 Å². The number of nitrogens with one attached hydrogen (secondary N) is 2. The molecule has 126 valence electrons. The maximum atomic E-state index is 11.7. The molecule has 0 unspecified atom stereocenters. The number of ether oxygens (including phenoxy) is 1. The highest BCUT2D eigenvalue weighted by molar-refractivity contribution is 7.80. The number of hydrogen-bond acceptors (Lipinski definition) is 3. The summed E-state index contributed by atoms with van der Waals surface area (Å²) in [6, 6.07) is 12.4. The van der Waals surface area contributed by atoms with Crippen molar-refractivity contribution in [3.63, 3.8) is 0 Å². The first kappa shape index (κ1) is 18.5. The molecule has 7 heteroatoms. The molecule has 0 aliphatic rings. The summed E-state index contributed by atoms with van der Waals surface area (Å²) in [5, 5.41) is 7.55. The Hall–Kier alpha value is -1.82. The summed E-state index contributed by atoms with van der Waals surface area (Å²) in [5.41, 5.74) is 2.06. The average molecular weight is 383 g/mol. The first-order chi connectivity index (χ1) is 11.5. The van der Waals surface area contributed by atoms with Crippen LogP contribution in [0.3, 0.4) is 0 Å². The van der Waals surface area contributed by atoms with Crippen LogP contribution in [0.5, 0.6) is 0 Å². The minimum absolute atomic E-state index is 0.299. The number of hydrogen-bond donors (Lipinski definition) is 2. The van der Waals surface area contributed by atoms with E-state index in [1.54, 1.807) is 25.1 Å². The van der Waals surface area contributed by atoms with Crippen molar-refractivity contribution in [3.8, 4) is 0 Å². The van der Waals surface area contributed by atoms with Crippen LogP contribution in [0, 0.1) is 0 Å². The van der Waals surface area contributed by atoms with Crippen molar-refractivity contribution in [2.24, 2.45) is 0 Å². The molecule has 2 rings (SSSR count). The van der Waals surface area contributed by atoms with Gasteiger partial charge < -0.3 is 15.4 Å². The van der Waals surface area contributed by atoms with Crippen LogP contribution in [0.25, 0.3) is 0 Å². The third-order valence-electron chi connectivity index (χ3n) is 3.09. The van der Waals surface area contributed by atoms with E-state index in [4.69, 9.17) is 40.2 Å². The van der Waals surface area contributed by atoms with Gasteiger partial charge in [0.15, 0.2) is 5.11 Å². The van der Waals surface area contributed by atoms with E-state index in [0.717, 1.165) is 5.56 Å². The fourth-order valence-electron chi connectivity index (χ4n) is 1.93. The van der Waals surface area contributed by atoms with Crippen LogP contribution in [0.4, 0.5) is 5.69 Å². The Kier molecular flexibility index (Phi) is 6.85. The van der Waals surface area contributed by atoms with E-state index in [1.807, 2.05) is 24.3 Å². The molecule has 0 saturated carbocycles. The Morgan fingerprint density at radius 1 is 1.17 bits per heavy atom. The minimum Gasteiger partial charge on any atom is -0.462 e. The van der Waals surface area contributed by atoms with E-state index in [-0.39, 0.29) is 0 Å². The second kappa shape index (κ2) is 8.87. The average Bonchev–Trinajstić information content (AvgIpc) is 2.54. The molecule has 0 aromatic heterocycles. The largest absolute Gasteiger partial charge is 0.462 e. The number of carbonyl (C=O) groups is 1. The molecule has 0 radical (unpaired) electrons. The van der Waals surface area contributed by atoms with Crippen molar-refractivity contribution in [2.45, 2.75) is 13.5 Å². The van der Waals surface area contributed by atoms with E-state index in [9.17, 15) is 4.79 Å². The van der Waals surface area contributed by atoms with Gasteiger partial charge in [-0.2, -0.15) is 0 Å². The number of thiocarbonyl (C=S) groups is 1. The Balaban J connectivity index is 1.93. The quantitative estimate of drug-likeness (QED) is 0.581. The molecule has 0 saturated heterocycles. The molecule has 24 heavy (non-hydrogen) atoms. The van der Waals surface area contributed by atoms with E-state index in [0.29, 0.717) is 39.6 Å². The predicted molar refractivity (Wildman–Crippen MR) is 102 cm³/mol. The lowest BCUT2D eigenvalue weighted by atomic mass is 10.2. The van der Waals surface area contributed by atoms with Crippen LogP contribution < -0.4 is 10.6 Å². The second-order valence-corrected chi connectivity index (χ2v) is 6.10. The number of carbonyl (C=O) groups excluding carboxylic acids is 1. The molecule has 4 nitrogen and oxygen atoms in total. The molecule has 0 aliphatic carbocycles. The maximum absolute atomic E-state index is 11.7. The fraction of sp³-hybridized carbons (Fsp3) is 0.176. The molecule has 0 amide bonds. The van der Waals surface area contributed by atoms with E-state index in [1.165, 1.54) is 0 Å². The molecule has 0 spiro atoms.